The second-order valence-electron chi connectivity index (χ2n) is 30.7. The number of hydrogen-bond donors (Lipinski definition) is 3. The monoisotopic (exact) mass is 1480 g/mol. The minimum atomic E-state index is -4.96. The van der Waals surface area contributed by atoms with E-state index in [0.717, 1.165) is 108 Å². The molecule has 0 rings (SSSR count). The molecule has 6 atom stereocenters. The summed E-state index contributed by atoms with van der Waals surface area (Å²) < 4.78 is 68.8. The fourth-order valence-electron chi connectivity index (χ4n) is 12.6. The van der Waals surface area contributed by atoms with Gasteiger partial charge in [-0.3, -0.25) is 37.3 Å². The zero-order chi connectivity index (χ0) is 74.4. The predicted octanol–water partition coefficient (Wildman–Crippen LogP) is 24.5. The first-order chi connectivity index (χ1) is 48.8. The number of esters is 4. The van der Waals surface area contributed by atoms with Gasteiger partial charge in [0.05, 0.1) is 26.4 Å². The van der Waals surface area contributed by atoms with Gasteiger partial charge in [0.2, 0.25) is 0 Å². The Hall–Kier alpha value is -1.94. The molecule has 600 valence electrons. The van der Waals surface area contributed by atoms with Gasteiger partial charge in [-0.2, -0.15) is 0 Å². The summed E-state index contributed by atoms with van der Waals surface area (Å²) in [6, 6.07) is 0. The Balaban J connectivity index is 5.24. The van der Waals surface area contributed by atoms with Crippen molar-refractivity contribution in [2.24, 2.45) is 17.8 Å². The Bertz CT molecular complexity index is 1960. The maximum atomic E-state index is 13.1. The lowest BCUT2D eigenvalue weighted by Gasteiger charge is -2.21. The van der Waals surface area contributed by atoms with Crippen LogP contribution in [0.1, 0.15) is 427 Å². The molecule has 0 bridgehead atoms. The predicted molar refractivity (Wildman–Crippen MR) is 414 cm³/mol. The zero-order valence-corrected chi connectivity index (χ0v) is 68.2. The van der Waals surface area contributed by atoms with E-state index < -0.39 is 97.5 Å². The lowest BCUT2D eigenvalue weighted by Crippen LogP contribution is -2.30. The third-order valence-electron chi connectivity index (χ3n) is 19.5. The van der Waals surface area contributed by atoms with Crippen molar-refractivity contribution in [2.45, 2.75) is 446 Å². The minimum absolute atomic E-state index is 0.107. The molecule has 3 N–H and O–H groups in total. The van der Waals surface area contributed by atoms with Crippen molar-refractivity contribution in [3.63, 3.8) is 0 Å². The zero-order valence-electron chi connectivity index (χ0n) is 66.4. The Morgan fingerprint density at radius 3 is 0.752 bits per heavy atom. The summed E-state index contributed by atoms with van der Waals surface area (Å²) in [6.07, 6.45) is 60.9. The molecule has 0 saturated heterocycles. The fourth-order valence-corrected chi connectivity index (χ4v) is 14.2. The maximum absolute atomic E-state index is 13.1. The molecule has 0 aromatic carbocycles. The number of carbonyl (C=O) groups is 4. The van der Waals surface area contributed by atoms with E-state index in [4.69, 9.17) is 37.0 Å². The molecule has 0 heterocycles. The first kappa shape index (κ1) is 99.1. The molecule has 0 saturated carbocycles. The molecule has 0 aromatic heterocycles. The van der Waals surface area contributed by atoms with Crippen LogP contribution in [0.5, 0.6) is 0 Å². The van der Waals surface area contributed by atoms with Gasteiger partial charge in [-0.1, -0.05) is 376 Å². The molecule has 17 nitrogen and oxygen atoms in total. The number of aliphatic hydroxyl groups excluding tert-OH is 1. The van der Waals surface area contributed by atoms with E-state index in [1.54, 1.807) is 0 Å². The average Bonchev–Trinajstić information content (AvgIpc) is 0.916. The Morgan fingerprint density at radius 2 is 0.505 bits per heavy atom. The van der Waals surface area contributed by atoms with Crippen LogP contribution < -0.4 is 0 Å². The van der Waals surface area contributed by atoms with Crippen LogP contribution in [0.3, 0.4) is 0 Å². The molecule has 0 aliphatic carbocycles. The van der Waals surface area contributed by atoms with Crippen LogP contribution in [0, 0.1) is 17.8 Å². The smallest absolute Gasteiger partial charge is 0.462 e. The SMILES string of the molecule is CCCCCCCCCCCCCCC(=O)OC[C@H](COP(=O)(O)OC[C@H](O)COP(=O)(O)OC[C@@H](COC(=O)CCCCCCCCCCCCCC(C)C)OC(=O)CCCCCCCCCCCCCCCCCCCCC(C)C)OC(=O)CCCCCCCCCCCCC(C)CC. The largest absolute Gasteiger partial charge is 0.472 e. The average molecular weight is 1480 g/mol. The standard InChI is InChI=1S/C82H160O17P2/c1-8-10-11-12-13-14-15-27-35-42-49-56-63-79(84)92-70-78(99-82(87)66-59-52-45-38-31-30-34-41-48-55-62-75(7)9-2)72-97-101(90,91)95-68-76(83)67-94-100(88,89)96-71-77(69-93-80(85)64-57-50-43-36-29-24-26-33-40-47-54-61-74(5)6)98-81(86)65-58-51-44-37-28-23-21-19-17-16-18-20-22-25-32-39-46-53-60-73(3)4/h73-78,83H,8-72H2,1-7H3,(H,88,89)(H,90,91)/t75?,76-,77-,78-/m1/s1. The van der Waals surface area contributed by atoms with E-state index in [-0.39, 0.29) is 25.7 Å². The van der Waals surface area contributed by atoms with Gasteiger partial charge in [0.15, 0.2) is 12.2 Å². The summed E-state index contributed by atoms with van der Waals surface area (Å²) in [5, 5.41) is 10.7. The van der Waals surface area contributed by atoms with Crippen molar-refractivity contribution in [3.05, 3.63) is 0 Å². The van der Waals surface area contributed by atoms with Crippen LogP contribution in [0.15, 0.2) is 0 Å². The van der Waals surface area contributed by atoms with Crippen LogP contribution >= 0.6 is 15.6 Å². The quantitative estimate of drug-likeness (QED) is 0.0222. The third-order valence-corrected chi connectivity index (χ3v) is 21.4. The number of phosphoric ester groups is 2. The van der Waals surface area contributed by atoms with E-state index >= 15 is 0 Å². The number of phosphoric acid groups is 2. The van der Waals surface area contributed by atoms with Gasteiger partial charge in [0.25, 0.3) is 0 Å². The van der Waals surface area contributed by atoms with Gasteiger partial charge in [-0.05, 0) is 43.4 Å². The highest BCUT2D eigenvalue weighted by Crippen LogP contribution is 2.45. The van der Waals surface area contributed by atoms with E-state index in [2.05, 4.69) is 48.5 Å². The lowest BCUT2D eigenvalue weighted by atomic mass is 9.99. The number of unbranched alkanes of at least 4 members (excludes halogenated alkanes) is 47. The summed E-state index contributed by atoms with van der Waals surface area (Å²) in [6.45, 7) is 12.0. The van der Waals surface area contributed by atoms with Gasteiger partial charge >= 0.3 is 39.5 Å². The number of rotatable bonds is 80. The van der Waals surface area contributed by atoms with Gasteiger partial charge < -0.3 is 33.8 Å². The molecule has 101 heavy (non-hydrogen) atoms. The van der Waals surface area contributed by atoms with Crippen molar-refractivity contribution >= 4 is 39.5 Å². The molecule has 0 radical (unpaired) electrons. The molecular weight excluding hydrogens is 1320 g/mol. The maximum Gasteiger partial charge on any atom is 0.472 e. The van der Waals surface area contributed by atoms with E-state index in [1.165, 1.54) is 238 Å². The minimum Gasteiger partial charge on any atom is -0.462 e. The van der Waals surface area contributed by atoms with Crippen molar-refractivity contribution < 1.29 is 80.2 Å². The second kappa shape index (κ2) is 72.3. The first-order valence-electron chi connectivity index (χ1n) is 42.4. The van der Waals surface area contributed by atoms with Crippen molar-refractivity contribution in [1.82, 2.24) is 0 Å². The highest BCUT2D eigenvalue weighted by Gasteiger charge is 2.30. The number of carbonyl (C=O) groups excluding carboxylic acids is 4. The highest BCUT2D eigenvalue weighted by molar-refractivity contribution is 7.47. The molecule has 0 amide bonds. The molecule has 0 aromatic rings. The molecule has 0 fully saturated rings. The Morgan fingerprint density at radius 1 is 0.287 bits per heavy atom. The summed E-state index contributed by atoms with van der Waals surface area (Å²) in [4.78, 5) is 73.1. The Labute approximate surface area is 619 Å². The summed E-state index contributed by atoms with van der Waals surface area (Å²) in [7, 11) is -9.92. The van der Waals surface area contributed by atoms with Crippen LogP contribution in [0.2, 0.25) is 0 Å². The topological polar surface area (TPSA) is 237 Å². The van der Waals surface area contributed by atoms with Crippen LogP contribution in [-0.4, -0.2) is 96.7 Å². The van der Waals surface area contributed by atoms with E-state index in [0.29, 0.717) is 25.7 Å². The highest BCUT2D eigenvalue weighted by atomic mass is 31.2. The third kappa shape index (κ3) is 74.7. The second-order valence-corrected chi connectivity index (χ2v) is 33.6. The summed E-state index contributed by atoms with van der Waals surface area (Å²) in [5.74, 6) is 0.286. The van der Waals surface area contributed by atoms with Gasteiger partial charge in [-0.15, -0.1) is 0 Å². The molecule has 0 aliphatic heterocycles. The molecule has 19 heteroatoms. The van der Waals surface area contributed by atoms with Gasteiger partial charge in [0, 0.05) is 25.7 Å². The lowest BCUT2D eigenvalue weighted by molar-refractivity contribution is -0.161. The number of ether oxygens (including phenoxy) is 4. The number of hydrogen-bond acceptors (Lipinski definition) is 15. The van der Waals surface area contributed by atoms with Crippen molar-refractivity contribution in [3.8, 4) is 0 Å². The number of aliphatic hydroxyl groups is 1. The molecule has 0 aliphatic rings. The van der Waals surface area contributed by atoms with E-state index in [1.807, 2.05) is 0 Å². The van der Waals surface area contributed by atoms with Crippen LogP contribution in [-0.2, 0) is 65.4 Å². The van der Waals surface area contributed by atoms with Gasteiger partial charge in [-0.25, -0.2) is 9.13 Å². The molecular formula is C82H160O17P2. The van der Waals surface area contributed by atoms with E-state index in [9.17, 15) is 43.2 Å². The van der Waals surface area contributed by atoms with Crippen LogP contribution in [0.4, 0.5) is 0 Å². The normalized spacial score (nSPS) is 14.2. The van der Waals surface area contributed by atoms with Crippen molar-refractivity contribution in [2.75, 3.05) is 39.6 Å². The van der Waals surface area contributed by atoms with Crippen LogP contribution in [0.25, 0.3) is 0 Å². The Kier molecular flexibility index (Phi) is 70.9. The summed E-state index contributed by atoms with van der Waals surface area (Å²) >= 11 is 0. The molecule has 3 unspecified atom stereocenters. The fraction of sp³-hybridized carbons (Fsp3) is 0.951. The summed E-state index contributed by atoms with van der Waals surface area (Å²) in [5.41, 5.74) is 0. The molecule has 0 spiro atoms. The van der Waals surface area contributed by atoms with Crippen molar-refractivity contribution in [1.29, 1.82) is 0 Å². The van der Waals surface area contributed by atoms with Gasteiger partial charge in [0.1, 0.15) is 19.3 Å². The first-order valence-corrected chi connectivity index (χ1v) is 45.4.